The molecule has 2 atom stereocenters. The number of nitrogens with one attached hydrogen (secondary N) is 1. The van der Waals surface area contributed by atoms with Gasteiger partial charge in [0.15, 0.2) is 0 Å². The Bertz CT molecular complexity index is 133. The smallest absolute Gasteiger partial charge is 0.114 e. The second-order valence-electron chi connectivity index (χ2n) is 2.59. The first-order chi connectivity index (χ1) is 4.24. The lowest BCUT2D eigenvalue weighted by atomic mass is 10.1. The molecule has 2 nitrogen and oxygen atoms in total. The van der Waals surface area contributed by atoms with Gasteiger partial charge in [-0.2, -0.15) is 0 Å². The molecule has 1 aliphatic heterocycles. The van der Waals surface area contributed by atoms with Crippen molar-refractivity contribution in [3.8, 4) is 0 Å². The van der Waals surface area contributed by atoms with Gasteiger partial charge in [0.2, 0.25) is 0 Å². The van der Waals surface area contributed by atoms with E-state index < -0.39 is 0 Å². The highest BCUT2D eigenvalue weighted by Gasteiger charge is 2.20. The molecule has 1 aliphatic rings. The van der Waals surface area contributed by atoms with Crippen molar-refractivity contribution in [3.05, 3.63) is 0 Å². The summed E-state index contributed by atoms with van der Waals surface area (Å²) in [5.41, 5.74) is 0. The summed E-state index contributed by atoms with van der Waals surface area (Å²) in [4.78, 5) is 6.83. The summed E-state index contributed by atoms with van der Waals surface area (Å²) in [6.07, 6.45) is 1.12. The Balaban J connectivity index is 2.57. The molecule has 0 aliphatic carbocycles. The molecule has 0 fully saturated rings. The van der Waals surface area contributed by atoms with Crippen LogP contribution in [0.15, 0.2) is 4.99 Å². The standard InChI is InChI=1S/C6H11ClN2/c1-4-3-5(2)8-6(4)9-7/h4-5H,3H2,1-2H3,(H,8,9). The first-order valence-corrected chi connectivity index (χ1v) is 3.56. The molecule has 52 valence electrons. The molecule has 9 heavy (non-hydrogen) atoms. The van der Waals surface area contributed by atoms with Gasteiger partial charge in [-0.05, 0) is 13.3 Å². The number of amidine groups is 1. The fraction of sp³-hybridized carbons (Fsp3) is 0.833. The highest BCUT2D eigenvalue weighted by atomic mass is 35.5. The van der Waals surface area contributed by atoms with Gasteiger partial charge in [0.05, 0.1) is 0 Å². The molecule has 1 N–H and O–H groups in total. The predicted molar refractivity (Wildman–Crippen MR) is 39.7 cm³/mol. The van der Waals surface area contributed by atoms with Crippen molar-refractivity contribution in [2.75, 3.05) is 0 Å². The summed E-state index contributed by atoms with van der Waals surface area (Å²) in [5, 5.41) is 0. The third-order valence-corrected chi connectivity index (χ3v) is 1.81. The monoisotopic (exact) mass is 146 g/mol. The van der Waals surface area contributed by atoms with Crippen LogP contribution >= 0.6 is 11.8 Å². The Morgan fingerprint density at radius 3 is 2.56 bits per heavy atom. The average Bonchev–Trinajstić information content (AvgIpc) is 2.10. The Labute approximate surface area is 60.4 Å². The van der Waals surface area contributed by atoms with Crippen LogP contribution in [0.5, 0.6) is 0 Å². The SMILES string of the molecule is CC1CC(C)C(NCl)=N1. The molecule has 0 spiro atoms. The number of hydrogen-bond donors (Lipinski definition) is 1. The van der Waals surface area contributed by atoms with Crippen LogP contribution in [-0.4, -0.2) is 11.9 Å². The van der Waals surface area contributed by atoms with Crippen molar-refractivity contribution in [2.45, 2.75) is 26.3 Å². The lowest BCUT2D eigenvalue weighted by Crippen LogP contribution is -2.17. The van der Waals surface area contributed by atoms with Gasteiger partial charge in [-0.1, -0.05) is 6.92 Å². The molecule has 0 saturated heterocycles. The minimum atomic E-state index is 0.446. The van der Waals surface area contributed by atoms with Gasteiger partial charge in [-0.3, -0.25) is 9.83 Å². The van der Waals surface area contributed by atoms with Crippen LogP contribution < -0.4 is 4.84 Å². The van der Waals surface area contributed by atoms with Crippen molar-refractivity contribution < 1.29 is 0 Å². The minimum Gasteiger partial charge on any atom is -0.286 e. The first-order valence-electron chi connectivity index (χ1n) is 3.18. The second kappa shape index (κ2) is 2.56. The van der Waals surface area contributed by atoms with E-state index >= 15 is 0 Å². The second-order valence-corrected chi connectivity index (χ2v) is 2.78. The third-order valence-electron chi connectivity index (χ3n) is 1.62. The van der Waals surface area contributed by atoms with E-state index in [4.69, 9.17) is 11.8 Å². The normalized spacial score (nSPS) is 34.3. The molecule has 1 heterocycles. The molecule has 3 heteroatoms. The zero-order valence-electron chi connectivity index (χ0n) is 5.69. The van der Waals surface area contributed by atoms with Gasteiger partial charge < -0.3 is 0 Å². The minimum absolute atomic E-state index is 0.446. The highest BCUT2D eigenvalue weighted by Crippen LogP contribution is 2.17. The molecule has 0 amide bonds. The quantitative estimate of drug-likeness (QED) is 0.516. The van der Waals surface area contributed by atoms with E-state index in [1.807, 2.05) is 0 Å². The first kappa shape index (κ1) is 6.87. The van der Waals surface area contributed by atoms with E-state index in [2.05, 4.69) is 23.7 Å². The fourth-order valence-corrected chi connectivity index (χ4v) is 1.39. The largest absolute Gasteiger partial charge is 0.286 e. The van der Waals surface area contributed by atoms with Crippen molar-refractivity contribution in [1.82, 2.24) is 4.84 Å². The van der Waals surface area contributed by atoms with Crippen LogP contribution in [0.2, 0.25) is 0 Å². The van der Waals surface area contributed by atoms with E-state index in [0.29, 0.717) is 12.0 Å². The van der Waals surface area contributed by atoms with Gasteiger partial charge in [0, 0.05) is 23.7 Å². The molecule has 1 rings (SSSR count). The zero-order valence-corrected chi connectivity index (χ0v) is 6.44. The van der Waals surface area contributed by atoms with Crippen molar-refractivity contribution >= 4 is 17.6 Å². The maximum absolute atomic E-state index is 5.39. The summed E-state index contributed by atoms with van der Waals surface area (Å²) >= 11 is 5.39. The van der Waals surface area contributed by atoms with Crippen LogP contribution in [-0.2, 0) is 0 Å². The zero-order chi connectivity index (χ0) is 6.85. The van der Waals surface area contributed by atoms with Crippen LogP contribution in [0.25, 0.3) is 0 Å². The molecule has 0 aromatic rings. The summed E-state index contributed by atoms with van der Waals surface area (Å²) in [6, 6.07) is 0.446. The molecule has 0 aromatic heterocycles. The Morgan fingerprint density at radius 1 is 1.67 bits per heavy atom. The Morgan fingerprint density at radius 2 is 2.33 bits per heavy atom. The molecule has 0 bridgehead atoms. The van der Waals surface area contributed by atoms with Crippen molar-refractivity contribution in [3.63, 3.8) is 0 Å². The van der Waals surface area contributed by atoms with Gasteiger partial charge >= 0.3 is 0 Å². The van der Waals surface area contributed by atoms with Gasteiger partial charge in [-0.25, -0.2) is 0 Å². The topological polar surface area (TPSA) is 24.4 Å². The van der Waals surface area contributed by atoms with Crippen molar-refractivity contribution in [2.24, 2.45) is 10.9 Å². The average molecular weight is 147 g/mol. The number of aliphatic imine (C=N–C) groups is 1. The number of rotatable bonds is 0. The highest BCUT2D eigenvalue weighted by molar-refractivity contribution is 6.22. The van der Waals surface area contributed by atoms with E-state index in [9.17, 15) is 0 Å². The molecule has 2 unspecified atom stereocenters. The van der Waals surface area contributed by atoms with E-state index in [1.165, 1.54) is 0 Å². The van der Waals surface area contributed by atoms with Crippen LogP contribution in [0.4, 0.5) is 0 Å². The van der Waals surface area contributed by atoms with Gasteiger partial charge in [0.1, 0.15) is 5.84 Å². The van der Waals surface area contributed by atoms with Crippen LogP contribution in [0.1, 0.15) is 20.3 Å². The molecule has 0 radical (unpaired) electrons. The van der Waals surface area contributed by atoms with Gasteiger partial charge in [0.25, 0.3) is 0 Å². The molecule has 0 saturated carbocycles. The number of hydrogen-bond acceptors (Lipinski definition) is 2. The third kappa shape index (κ3) is 1.36. The van der Waals surface area contributed by atoms with Crippen LogP contribution in [0.3, 0.4) is 0 Å². The molecular weight excluding hydrogens is 136 g/mol. The maximum Gasteiger partial charge on any atom is 0.114 e. The summed E-state index contributed by atoms with van der Waals surface area (Å²) in [5.74, 6) is 1.45. The molecule has 0 aromatic carbocycles. The van der Waals surface area contributed by atoms with Crippen molar-refractivity contribution in [1.29, 1.82) is 0 Å². The van der Waals surface area contributed by atoms with Gasteiger partial charge in [-0.15, -0.1) is 0 Å². The maximum atomic E-state index is 5.39. The molecular formula is C6H11ClN2. The van der Waals surface area contributed by atoms with E-state index in [0.717, 1.165) is 12.3 Å². The van der Waals surface area contributed by atoms with E-state index in [1.54, 1.807) is 0 Å². The Kier molecular flexibility index (Phi) is 1.96. The Hall–Kier alpha value is -0.240. The predicted octanol–water partition coefficient (Wildman–Crippen LogP) is 1.56. The lowest BCUT2D eigenvalue weighted by molar-refractivity contribution is 0.640. The summed E-state index contributed by atoms with van der Waals surface area (Å²) in [6.45, 7) is 4.22. The lowest BCUT2D eigenvalue weighted by Gasteiger charge is -2.01. The summed E-state index contributed by atoms with van der Waals surface area (Å²) < 4.78 is 0. The number of halogens is 1. The fourth-order valence-electron chi connectivity index (χ4n) is 1.16. The summed E-state index contributed by atoms with van der Waals surface area (Å²) in [7, 11) is 0. The van der Waals surface area contributed by atoms with E-state index in [-0.39, 0.29) is 0 Å². The number of nitrogens with zero attached hydrogens (tertiary/aromatic N) is 1. The van der Waals surface area contributed by atoms with Crippen LogP contribution in [0, 0.1) is 5.92 Å².